The molecule has 1 saturated carbocycles. The highest BCUT2D eigenvalue weighted by Gasteiger charge is 2.47. The van der Waals surface area contributed by atoms with E-state index in [-0.39, 0.29) is 23.9 Å². The third-order valence-corrected chi connectivity index (χ3v) is 6.51. The highest BCUT2D eigenvalue weighted by Crippen LogP contribution is 2.37. The van der Waals surface area contributed by atoms with Gasteiger partial charge in [0, 0.05) is 16.5 Å². The van der Waals surface area contributed by atoms with Crippen LogP contribution in [0.2, 0.25) is 0 Å². The second-order valence-electron chi connectivity index (χ2n) is 7.86. The molecule has 0 radical (unpaired) electrons. The summed E-state index contributed by atoms with van der Waals surface area (Å²) in [5.74, 6) is -2.25. The Morgan fingerprint density at radius 1 is 1.15 bits per heavy atom. The third-order valence-electron chi connectivity index (χ3n) is 5.65. The van der Waals surface area contributed by atoms with Crippen LogP contribution in [0.1, 0.15) is 48.6 Å². The van der Waals surface area contributed by atoms with Crippen molar-refractivity contribution in [2.24, 2.45) is 0 Å². The Hall–Kier alpha value is -2.75. The fraction of sp³-hybridized carbons (Fsp3) is 0.478. The van der Waals surface area contributed by atoms with Gasteiger partial charge < -0.3 is 19.7 Å². The van der Waals surface area contributed by atoms with E-state index in [1.165, 1.54) is 37.7 Å². The molecule has 0 spiro atoms. The summed E-state index contributed by atoms with van der Waals surface area (Å²) in [4.78, 5) is 27.2. The van der Waals surface area contributed by atoms with E-state index in [1.54, 1.807) is 23.6 Å². The van der Waals surface area contributed by atoms with E-state index < -0.39 is 24.0 Å². The van der Waals surface area contributed by atoms with Gasteiger partial charge in [0.2, 0.25) is 5.91 Å². The maximum absolute atomic E-state index is 13.7. The number of hydrogen-bond acceptors (Lipinski definition) is 5. The van der Waals surface area contributed by atoms with Crippen molar-refractivity contribution >= 4 is 23.2 Å². The topological polar surface area (TPSA) is 67.9 Å². The average Bonchev–Trinajstić information content (AvgIpc) is 3.31. The number of alkyl halides is 3. The predicted octanol–water partition coefficient (Wildman–Crippen LogP) is 4.85. The molecule has 2 aromatic rings. The Kier molecular flexibility index (Phi) is 8.23. The van der Waals surface area contributed by atoms with Crippen LogP contribution in [0.15, 0.2) is 35.7 Å². The number of hydrogen-bond donors (Lipinski definition) is 1. The maximum atomic E-state index is 13.7. The largest absolute Gasteiger partial charge is 0.497 e. The van der Waals surface area contributed by atoms with Gasteiger partial charge >= 0.3 is 12.1 Å². The van der Waals surface area contributed by atoms with Crippen LogP contribution >= 0.6 is 11.3 Å². The van der Waals surface area contributed by atoms with Gasteiger partial charge in [0.1, 0.15) is 17.5 Å². The molecular formula is C23H27F3N2O4S. The summed E-state index contributed by atoms with van der Waals surface area (Å²) in [6.45, 7) is -0.376. The van der Waals surface area contributed by atoms with E-state index in [0.29, 0.717) is 15.5 Å². The van der Waals surface area contributed by atoms with Crippen LogP contribution in [0.4, 0.5) is 13.2 Å². The lowest BCUT2D eigenvalue weighted by atomic mass is 9.94. The fourth-order valence-electron chi connectivity index (χ4n) is 4.04. The Bertz CT molecular complexity index is 944. The molecule has 1 fully saturated rings. The van der Waals surface area contributed by atoms with Crippen LogP contribution in [0.5, 0.6) is 11.5 Å². The standard InChI is InChI=1S/C23H27F3N2O4S/c1-31-16-10-11-19(32-2)18(13-16)20(21(29)27-15-7-4-3-5-8-15)28(22(30)23(24,25)26)14-17-9-6-12-33-17/h6,9-13,15,20H,3-5,7-8,14H2,1-2H3,(H,27,29)/t20-/m0/s1. The molecule has 1 atom stereocenters. The van der Waals surface area contributed by atoms with Gasteiger partial charge in [-0.25, -0.2) is 0 Å². The molecule has 1 heterocycles. The second kappa shape index (κ2) is 10.9. The molecule has 180 valence electrons. The van der Waals surface area contributed by atoms with Crippen molar-refractivity contribution in [3.05, 3.63) is 46.2 Å². The van der Waals surface area contributed by atoms with E-state index in [2.05, 4.69) is 5.32 Å². The monoisotopic (exact) mass is 484 g/mol. The third kappa shape index (κ3) is 6.19. The van der Waals surface area contributed by atoms with E-state index >= 15 is 0 Å². The predicted molar refractivity (Wildman–Crippen MR) is 118 cm³/mol. The molecule has 0 aliphatic heterocycles. The van der Waals surface area contributed by atoms with Crippen LogP contribution in [-0.2, 0) is 16.1 Å². The lowest BCUT2D eigenvalue weighted by Crippen LogP contribution is -2.50. The minimum atomic E-state index is -5.16. The minimum Gasteiger partial charge on any atom is -0.497 e. The number of nitrogens with zero attached hydrogens (tertiary/aromatic N) is 1. The molecular weight excluding hydrogens is 457 g/mol. The number of amides is 2. The zero-order chi connectivity index (χ0) is 24.0. The molecule has 2 amide bonds. The number of nitrogens with one attached hydrogen (secondary N) is 1. The first kappa shape index (κ1) is 24.9. The van der Waals surface area contributed by atoms with E-state index in [9.17, 15) is 22.8 Å². The summed E-state index contributed by atoms with van der Waals surface area (Å²) in [6.07, 6.45) is -0.766. The molecule has 33 heavy (non-hydrogen) atoms. The first-order valence-corrected chi connectivity index (χ1v) is 11.5. The summed E-state index contributed by atoms with van der Waals surface area (Å²) in [6, 6.07) is 6.11. The quantitative estimate of drug-likeness (QED) is 0.582. The van der Waals surface area contributed by atoms with Gasteiger partial charge in [-0.1, -0.05) is 25.3 Å². The molecule has 10 heteroatoms. The maximum Gasteiger partial charge on any atom is 0.471 e. The van der Waals surface area contributed by atoms with Crippen LogP contribution in [0, 0.1) is 0 Å². The molecule has 1 N–H and O–H groups in total. The van der Waals surface area contributed by atoms with Gasteiger partial charge in [-0.3, -0.25) is 9.59 Å². The SMILES string of the molecule is COc1ccc(OC)c([C@@H](C(=O)NC2CCCCC2)N(Cc2cccs2)C(=O)C(F)(F)F)c1. The van der Waals surface area contributed by atoms with Crippen LogP contribution in [0.3, 0.4) is 0 Å². The van der Waals surface area contributed by atoms with Crippen molar-refractivity contribution in [1.82, 2.24) is 10.2 Å². The van der Waals surface area contributed by atoms with Crippen LogP contribution in [-0.4, -0.2) is 43.2 Å². The first-order chi connectivity index (χ1) is 15.7. The van der Waals surface area contributed by atoms with Gasteiger partial charge in [-0.05, 0) is 42.5 Å². The summed E-state index contributed by atoms with van der Waals surface area (Å²) >= 11 is 1.21. The summed E-state index contributed by atoms with van der Waals surface area (Å²) in [7, 11) is 2.77. The van der Waals surface area contributed by atoms with Crippen molar-refractivity contribution in [3.63, 3.8) is 0 Å². The Morgan fingerprint density at radius 2 is 1.88 bits per heavy atom. The second-order valence-corrected chi connectivity index (χ2v) is 8.90. The van der Waals surface area contributed by atoms with Gasteiger partial charge in [-0.15, -0.1) is 11.3 Å². The van der Waals surface area contributed by atoms with Crippen molar-refractivity contribution < 1.29 is 32.2 Å². The normalized spacial score (nSPS) is 15.5. The molecule has 1 aliphatic carbocycles. The highest BCUT2D eigenvalue weighted by atomic mass is 32.1. The zero-order valence-electron chi connectivity index (χ0n) is 18.5. The molecule has 0 unspecified atom stereocenters. The van der Waals surface area contributed by atoms with Gasteiger partial charge in [0.15, 0.2) is 0 Å². The smallest absolute Gasteiger partial charge is 0.471 e. The number of ether oxygens (including phenoxy) is 2. The molecule has 0 bridgehead atoms. The molecule has 3 rings (SSSR count). The summed E-state index contributed by atoms with van der Waals surface area (Å²) in [5, 5.41) is 4.58. The molecule has 1 aliphatic rings. The lowest BCUT2D eigenvalue weighted by molar-refractivity contribution is -0.189. The average molecular weight is 485 g/mol. The number of halogens is 3. The van der Waals surface area contributed by atoms with Crippen LogP contribution in [0.25, 0.3) is 0 Å². The van der Waals surface area contributed by atoms with E-state index in [4.69, 9.17) is 9.47 Å². The van der Waals surface area contributed by atoms with Crippen molar-refractivity contribution in [2.75, 3.05) is 14.2 Å². The molecule has 1 aromatic heterocycles. The zero-order valence-corrected chi connectivity index (χ0v) is 19.3. The number of thiophene rings is 1. The van der Waals surface area contributed by atoms with Crippen molar-refractivity contribution in [3.8, 4) is 11.5 Å². The fourth-order valence-corrected chi connectivity index (χ4v) is 4.75. The number of benzene rings is 1. The lowest BCUT2D eigenvalue weighted by Gasteiger charge is -2.34. The number of rotatable bonds is 8. The Morgan fingerprint density at radius 3 is 2.45 bits per heavy atom. The Labute approximate surface area is 194 Å². The first-order valence-electron chi connectivity index (χ1n) is 10.7. The van der Waals surface area contributed by atoms with E-state index in [0.717, 1.165) is 32.1 Å². The Balaban J connectivity index is 2.09. The number of methoxy groups -OCH3 is 2. The molecule has 0 saturated heterocycles. The van der Waals surface area contributed by atoms with Crippen LogP contribution < -0.4 is 14.8 Å². The van der Waals surface area contributed by atoms with E-state index in [1.807, 2.05) is 0 Å². The molecule has 1 aromatic carbocycles. The minimum absolute atomic E-state index is 0.124. The molecule has 6 nitrogen and oxygen atoms in total. The van der Waals surface area contributed by atoms with Crippen molar-refractivity contribution in [2.45, 2.75) is 56.9 Å². The summed E-state index contributed by atoms with van der Waals surface area (Å²) in [5.41, 5.74) is 0.124. The van der Waals surface area contributed by atoms with Gasteiger partial charge in [-0.2, -0.15) is 13.2 Å². The summed E-state index contributed by atoms with van der Waals surface area (Å²) < 4.78 is 51.6. The van der Waals surface area contributed by atoms with Gasteiger partial charge in [0.25, 0.3) is 0 Å². The van der Waals surface area contributed by atoms with Crippen molar-refractivity contribution in [1.29, 1.82) is 0 Å². The highest BCUT2D eigenvalue weighted by molar-refractivity contribution is 7.09. The number of carbonyl (C=O) groups is 2. The number of carbonyl (C=O) groups excluding carboxylic acids is 2. The van der Waals surface area contributed by atoms with Gasteiger partial charge in [0.05, 0.1) is 20.8 Å².